The second-order valence-corrected chi connectivity index (χ2v) is 2.55. The van der Waals surface area contributed by atoms with E-state index in [-0.39, 0.29) is 0 Å². The molecule has 0 bridgehead atoms. The van der Waals surface area contributed by atoms with Gasteiger partial charge in [-0.3, -0.25) is 0 Å². The maximum atomic E-state index is 8.31. The van der Waals surface area contributed by atoms with E-state index in [1.165, 1.54) is 0 Å². The van der Waals surface area contributed by atoms with E-state index in [9.17, 15) is 0 Å². The van der Waals surface area contributed by atoms with Crippen LogP contribution in [0.4, 0.5) is 5.69 Å². The lowest BCUT2D eigenvalue weighted by molar-refractivity contribution is 0.416. The zero-order chi connectivity index (χ0) is 9.68. The van der Waals surface area contributed by atoms with Crippen molar-refractivity contribution in [2.24, 2.45) is 5.11 Å². The van der Waals surface area contributed by atoms with Crippen molar-refractivity contribution in [2.75, 3.05) is 7.11 Å². The van der Waals surface area contributed by atoms with Crippen LogP contribution >= 0.6 is 0 Å². The second-order valence-electron chi connectivity index (χ2n) is 2.55. The number of hydrogen-bond acceptors (Lipinski definition) is 2. The summed E-state index contributed by atoms with van der Waals surface area (Å²) in [6, 6.07) is 5.59. The monoisotopic (exact) mass is 177 g/mol. The van der Waals surface area contributed by atoms with Gasteiger partial charge in [-0.1, -0.05) is 18.1 Å². The fraction of sp³-hybridized carbons (Fsp3) is 0.333. The summed E-state index contributed by atoms with van der Waals surface area (Å²) in [5, 5.41) is 3.54. The molecule has 4 nitrogen and oxygen atoms in total. The quantitative estimate of drug-likeness (QED) is 0.397. The minimum absolute atomic E-state index is 0.546. The van der Waals surface area contributed by atoms with Crippen molar-refractivity contribution < 1.29 is 4.74 Å². The summed E-state index contributed by atoms with van der Waals surface area (Å²) in [6.07, 6.45) is 0.915. The molecule has 0 saturated heterocycles. The lowest BCUT2D eigenvalue weighted by Crippen LogP contribution is -1.85. The first-order valence-corrected chi connectivity index (χ1v) is 4.03. The van der Waals surface area contributed by atoms with Crippen LogP contribution in [0.15, 0.2) is 23.3 Å². The number of benzene rings is 1. The van der Waals surface area contributed by atoms with Crippen molar-refractivity contribution >= 4 is 5.69 Å². The maximum absolute atomic E-state index is 8.31. The SMILES string of the molecule is CCc1ccc(OC)c(N=[N+]=[N-])c1. The zero-order valence-electron chi connectivity index (χ0n) is 7.69. The number of ether oxygens (including phenoxy) is 1. The predicted molar refractivity (Wildman–Crippen MR) is 51.2 cm³/mol. The van der Waals surface area contributed by atoms with Gasteiger partial charge in [-0.15, -0.1) is 0 Å². The molecule has 0 aliphatic heterocycles. The summed E-state index contributed by atoms with van der Waals surface area (Å²) in [4.78, 5) is 2.73. The summed E-state index contributed by atoms with van der Waals surface area (Å²) in [6.45, 7) is 2.04. The van der Waals surface area contributed by atoms with E-state index in [2.05, 4.69) is 10.0 Å². The highest BCUT2D eigenvalue weighted by Gasteiger charge is 2.00. The molecule has 13 heavy (non-hydrogen) atoms. The number of methoxy groups -OCH3 is 1. The Balaban J connectivity index is 3.17. The normalized spacial score (nSPS) is 9.08. The Hall–Kier alpha value is -1.67. The molecule has 1 aromatic carbocycles. The minimum Gasteiger partial charge on any atom is -0.496 e. The first-order valence-electron chi connectivity index (χ1n) is 4.03. The van der Waals surface area contributed by atoms with Gasteiger partial charge in [0.2, 0.25) is 0 Å². The fourth-order valence-corrected chi connectivity index (χ4v) is 1.08. The van der Waals surface area contributed by atoms with Gasteiger partial charge in [-0.25, -0.2) is 0 Å². The molecule has 1 aromatic rings. The highest BCUT2D eigenvalue weighted by molar-refractivity contribution is 5.53. The number of aryl methyl sites for hydroxylation is 1. The summed E-state index contributed by atoms with van der Waals surface area (Å²) in [5.41, 5.74) is 9.98. The molecular weight excluding hydrogens is 166 g/mol. The third kappa shape index (κ3) is 2.13. The molecule has 0 aromatic heterocycles. The van der Waals surface area contributed by atoms with E-state index >= 15 is 0 Å². The van der Waals surface area contributed by atoms with Crippen LogP contribution in [0.5, 0.6) is 5.75 Å². The van der Waals surface area contributed by atoms with Crippen LogP contribution in [0, 0.1) is 0 Å². The number of nitrogens with zero attached hydrogens (tertiary/aromatic N) is 3. The molecule has 0 saturated carbocycles. The largest absolute Gasteiger partial charge is 0.496 e. The molecular formula is C9H11N3O. The smallest absolute Gasteiger partial charge is 0.128 e. The summed E-state index contributed by atoms with van der Waals surface area (Å²) < 4.78 is 5.03. The van der Waals surface area contributed by atoms with E-state index in [1.807, 2.05) is 25.1 Å². The Kier molecular flexibility index (Phi) is 3.17. The van der Waals surface area contributed by atoms with Gasteiger partial charge < -0.3 is 4.74 Å². The van der Waals surface area contributed by atoms with Crippen LogP contribution in [-0.4, -0.2) is 7.11 Å². The molecule has 4 heteroatoms. The van der Waals surface area contributed by atoms with E-state index in [0.29, 0.717) is 11.4 Å². The molecule has 1 rings (SSSR count). The van der Waals surface area contributed by atoms with Crippen LogP contribution in [0.2, 0.25) is 0 Å². The van der Waals surface area contributed by atoms with Gasteiger partial charge >= 0.3 is 0 Å². The average molecular weight is 177 g/mol. The Bertz CT molecular complexity index is 343. The van der Waals surface area contributed by atoms with Crippen molar-refractivity contribution in [2.45, 2.75) is 13.3 Å². The molecule has 0 spiro atoms. The first-order chi connectivity index (χ1) is 6.31. The highest BCUT2D eigenvalue weighted by Crippen LogP contribution is 2.28. The third-order valence-corrected chi connectivity index (χ3v) is 1.80. The minimum atomic E-state index is 0.546. The third-order valence-electron chi connectivity index (χ3n) is 1.80. The molecule has 0 aliphatic carbocycles. The maximum Gasteiger partial charge on any atom is 0.128 e. The van der Waals surface area contributed by atoms with Gasteiger partial charge in [-0.2, -0.15) is 0 Å². The Morgan fingerprint density at radius 3 is 2.85 bits per heavy atom. The van der Waals surface area contributed by atoms with Gasteiger partial charge in [0, 0.05) is 4.91 Å². The predicted octanol–water partition coefficient (Wildman–Crippen LogP) is 3.20. The molecule has 68 valence electrons. The standard InChI is InChI=1S/C9H11N3O/c1-3-7-4-5-9(13-2)8(6-7)11-12-10/h4-6H,3H2,1-2H3. The van der Waals surface area contributed by atoms with E-state index < -0.39 is 0 Å². The van der Waals surface area contributed by atoms with Crippen LogP contribution < -0.4 is 4.74 Å². The van der Waals surface area contributed by atoms with E-state index in [1.54, 1.807) is 7.11 Å². The second kappa shape index (κ2) is 4.38. The zero-order valence-corrected chi connectivity index (χ0v) is 7.69. The van der Waals surface area contributed by atoms with Crippen LogP contribution in [-0.2, 0) is 6.42 Å². The van der Waals surface area contributed by atoms with Crippen LogP contribution in [0.25, 0.3) is 10.4 Å². The topological polar surface area (TPSA) is 58.0 Å². The van der Waals surface area contributed by atoms with Crippen molar-refractivity contribution in [1.82, 2.24) is 0 Å². The molecule has 0 amide bonds. The van der Waals surface area contributed by atoms with Crippen molar-refractivity contribution in [1.29, 1.82) is 0 Å². The first kappa shape index (κ1) is 9.42. The van der Waals surface area contributed by atoms with Crippen molar-refractivity contribution in [3.8, 4) is 5.75 Å². The Morgan fingerprint density at radius 2 is 2.31 bits per heavy atom. The van der Waals surface area contributed by atoms with Gasteiger partial charge in [0.25, 0.3) is 0 Å². The molecule has 0 radical (unpaired) electrons. The van der Waals surface area contributed by atoms with E-state index in [0.717, 1.165) is 12.0 Å². The molecule has 0 fully saturated rings. The van der Waals surface area contributed by atoms with Gasteiger partial charge in [-0.05, 0) is 29.6 Å². The van der Waals surface area contributed by atoms with Gasteiger partial charge in [0.1, 0.15) is 5.75 Å². The lowest BCUT2D eigenvalue weighted by Gasteiger charge is -2.04. The Labute approximate surface area is 76.8 Å². The van der Waals surface area contributed by atoms with Crippen molar-refractivity contribution in [3.63, 3.8) is 0 Å². The molecule has 0 aliphatic rings. The highest BCUT2D eigenvalue weighted by atomic mass is 16.5. The number of azide groups is 1. The number of hydrogen-bond donors (Lipinski definition) is 0. The lowest BCUT2D eigenvalue weighted by atomic mass is 10.1. The average Bonchev–Trinajstić information content (AvgIpc) is 2.18. The van der Waals surface area contributed by atoms with Crippen molar-refractivity contribution in [3.05, 3.63) is 34.2 Å². The van der Waals surface area contributed by atoms with Gasteiger partial charge in [0.15, 0.2) is 0 Å². The van der Waals surface area contributed by atoms with Gasteiger partial charge in [0.05, 0.1) is 12.8 Å². The Morgan fingerprint density at radius 1 is 1.54 bits per heavy atom. The summed E-state index contributed by atoms with van der Waals surface area (Å²) in [5.74, 6) is 0.606. The molecule has 0 N–H and O–H groups in total. The summed E-state index contributed by atoms with van der Waals surface area (Å²) in [7, 11) is 1.55. The van der Waals surface area contributed by atoms with E-state index in [4.69, 9.17) is 10.3 Å². The fourth-order valence-electron chi connectivity index (χ4n) is 1.08. The number of rotatable bonds is 3. The molecule has 0 atom stereocenters. The van der Waals surface area contributed by atoms with Crippen LogP contribution in [0.3, 0.4) is 0 Å². The molecule has 0 unspecified atom stereocenters. The molecule has 0 heterocycles. The van der Waals surface area contributed by atoms with Crippen LogP contribution in [0.1, 0.15) is 12.5 Å². The summed E-state index contributed by atoms with van der Waals surface area (Å²) >= 11 is 0.